The van der Waals surface area contributed by atoms with Gasteiger partial charge in [-0.15, -0.1) is 0 Å². The standard InChI is InChI=1S/C27H45F3N6O8/c1-26(2,3)44-25(39)31-5-10-40-11-12-41-13-14-42-21-15-20(27(28,29)30)33-24(34-21)32-18-17-43-19(23(38)22(18)37)16-36-8-6-35(4)7-9-36/h15,18-19,22-23,37-38H,5-14,16-17H2,1-4H3,(H,31,39)(H,32,33,34)/t18-,19+,22+,23-/m0/s1. The molecule has 2 fully saturated rings. The third-order valence-electron chi connectivity index (χ3n) is 6.74. The van der Waals surface area contributed by atoms with Crippen molar-refractivity contribution >= 4 is 12.0 Å². The monoisotopic (exact) mass is 638 g/mol. The number of carbonyl (C=O) groups excluding carboxylic acids is 1. The Kier molecular flexibility index (Phi) is 13.6. The van der Waals surface area contributed by atoms with Crippen LogP contribution in [0.3, 0.4) is 0 Å². The molecule has 1 aromatic heterocycles. The third kappa shape index (κ3) is 12.5. The summed E-state index contributed by atoms with van der Waals surface area (Å²) >= 11 is 0. The molecule has 3 heterocycles. The summed E-state index contributed by atoms with van der Waals surface area (Å²) in [7, 11) is 2.03. The number of aliphatic hydroxyl groups excluding tert-OH is 2. The number of nitrogens with one attached hydrogen (secondary N) is 2. The molecule has 0 spiro atoms. The molecule has 2 saturated heterocycles. The van der Waals surface area contributed by atoms with E-state index in [-0.39, 0.29) is 52.1 Å². The molecule has 252 valence electrons. The Morgan fingerprint density at radius 3 is 2.34 bits per heavy atom. The third-order valence-corrected chi connectivity index (χ3v) is 6.74. The molecule has 3 rings (SSSR count). The number of anilines is 1. The first-order valence-corrected chi connectivity index (χ1v) is 14.6. The number of rotatable bonds is 14. The van der Waals surface area contributed by atoms with Gasteiger partial charge in [0.2, 0.25) is 11.8 Å². The van der Waals surface area contributed by atoms with E-state index in [1.807, 2.05) is 7.05 Å². The zero-order valence-corrected chi connectivity index (χ0v) is 25.6. The molecule has 44 heavy (non-hydrogen) atoms. The predicted octanol–water partition coefficient (Wildman–Crippen LogP) is 0.581. The first kappa shape index (κ1) is 35.9. The predicted molar refractivity (Wildman–Crippen MR) is 152 cm³/mol. The topological polar surface area (TPSA) is 160 Å². The zero-order chi connectivity index (χ0) is 32.3. The number of halogens is 3. The molecule has 4 N–H and O–H groups in total. The fourth-order valence-corrected chi connectivity index (χ4v) is 4.40. The van der Waals surface area contributed by atoms with Gasteiger partial charge in [-0.3, -0.25) is 4.90 Å². The van der Waals surface area contributed by atoms with Crippen LogP contribution in [0.15, 0.2) is 6.07 Å². The van der Waals surface area contributed by atoms with Crippen molar-refractivity contribution in [3.8, 4) is 5.88 Å². The number of aromatic nitrogens is 2. The Morgan fingerprint density at radius 1 is 1.02 bits per heavy atom. The molecular weight excluding hydrogens is 593 g/mol. The van der Waals surface area contributed by atoms with Crippen LogP contribution in [0.1, 0.15) is 26.5 Å². The Balaban J connectivity index is 1.41. The zero-order valence-electron chi connectivity index (χ0n) is 25.6. The molecule has 0 aromatic carbocycles. The van der Waals surface area contributed by atoms with Crippen LogP contribution in [-0.2, 0) is 25.1 Å². The van der Waals surface area contributed by atoms with Crippen molar-refractivity contribution in [3.05, 3.63) is 11.8 Å². The van der Waals surface area contributed by atoms with Gasteiger partial charge in [0, 0.05) is 45.3 Å². The van der Waals surface area contributed by atoms with Crippen LogP contribution in [0, 0.1) is 0 Å². The Hall–Kier alpha value is -2.54. The molecule has 0 aliphatic carbocycles. The van der Waals surface area contributed by atoms with Crippen molar-refractivity contribution in [2.24, 2.45) is 0 Å². The highest BCUT2D eigenvalue weighted by Crippen LogP contribution is 2.31. The molecular formula is C27H45F3N6O8. The number of carbonyl (C=O) groups is 1. The lowest BCUT2D eigenvalue weighted by atomic mass is 9.97. The summed E-state index contributed by atoms with van der Waals surface area (Å²) in [5.41, 5.74) is -1.83. The van der Waals surface area contributed by atoms with Gasteiger partial charge in [-0.25, -0.2) is 9.78 Å². The second-order valence-electron chi connectivity index (χ2n) is 11.6. The summed E-state index contributed by atoms with van der Waals surface area (Å²) in [6, 6.07) is -0.284. The summed E-state index contributed by atoms with van der Waals surface area (Å²) < 4.78 is 67.6. The summed E-state index contributed by atoms with van der Waals surface area (Å²) in [6.07, 6.45) is -8.56. The molecule has 1 aromatic rings. The van der Waals surface area contributed by atoms with Crippen LogP contribution in [0.4, 0.5) is 23.9 Å². The van der Waals surface area contributed by atoms with Crippen LogP contribution in [0.25, 0.3) is 0 Å². The molecule has 4 atom stereocenters. The van der Waals surface area contributed by atoms with E-state index >= 15 is 0 Å². The number of piperazine rings is 1. The van der Waals surface area contributed by atoms with E-state index < -0.39 is 53.9 Å². The largest absolute Gasteiger partial charge is 0.475 e. The van der Waals surface area contributed by atoms with E-state index in [1.54, 1.807) is 20.8 Å². The molecule has 0 saturated carbocycles. The number of aliphatic hydroxyl groups is 2. The van der Waals surface area contributed by atoms with Crippen LogP contribution in [-0.4, -0.2) is 152 Å². The lowest BCUT2D eigenvalue weighted by Gasteiger charge is -2.41. The van der Waals surface area contributed by atoms with E-state index in [4.69, 9.17) is 23.7 Å². The van der Waals surface area contributed by atoms with Crippen LogP contribution in [0.5, 0.6) is 5.88 Å². The van der Waals surface area contributed by atoms with E-state index in [1.165, 1.54) is 0 Å². The summed E-state index contributed by atoms with van der Waals surface area (Å²) in [5.74, 6) is -0.774. The summed E-state index contributed by atoms with van der Waals surface area (Å²) in [6.45, 7) is 9.85. The normalized spacial score (nSPS) is 23.8. The van der Waals surface area contributed by atoms with Crippen molar-refractivity contribution in [2.75, 3.05) is 91.3 Å². The van der Waals surface area contributed by atoms with Gasteiger partial charge in [-0.1, -0.05) is 0 Å². The van der Waals surface area contributed by atoms with Gasteiger partial charge >= 0.3 is 12.3 Å². The van der Waals surface area contributed by atoms with E-state index in [0.717, 1.165) is 26.2 Å². The van der Waals surface area contributed by atoms with Gasteiger partial charge in [0.05, 0.1) is 45.2 Å². The maximum absolute atomic E-state index is 13.5. The average molecular weight is 639 g/mol. The van der Waals surface area contributed by atoms with Gasteiger partial charge in [0.15, 0.2) is 5.69 Å². The Bertz CT molecular complexity index is 1030. The number of alkyl carbamates (subject to hydrolysis) is 1. The summed E-state index contributed by atoms with van der Waals surface area (Å²) in [4.78, 5) is 23.4. The minimum absolute atomic E-state index is 0.0453. The number of amides is 1. The highest BCUT2D eigenvalue weighted by atomic mass is 19.4. The van der Waals surface area contributed by atoms with Crippen molar-refractivity contribution < 1.29 is 51.9 Å². The summed E-state index contributed by atoms with van der Waals surface area (Å²) in [5, 5.41) is 26.6. The van der Waals surface area contributed by atoms with Crippen molar-refractivity contribution in [3.63, 3.8) is 0 Å². The first-order chi connectivity index (χ1) is 20.7. The van der Waals surface area contributed by atoms with Gasteiger partial charge in [-0.05, 0) is 27.8 Å². The van der Waals surface area contributed by atoms with Crippen molar-refractivity contribution in [1.82, 2.24) is 25.1 Å². The molecule has 17 heteroatoms. The smallest absolute Gasteiger partial charge is 0.433 e. The lowest BCUT2D eigenvalue weighted by Crippen LogP contribution is -2.59. The lowest BCUT2D eigenvalue weighted by molar-refractivity contribution is -0.148. The van der Waals surface area contributed by atoms with E-state index in [0.29, 0.717) is 12.6 Å². The maximum atomic E-state index is 13.5. The van der Waals surface area contributed by atoms with Gasteiger partial charge in [0.25, 0.3) is 0 Å². The van der Waals surface area contributed by atoms with Crippen molar-refractivity contribution in [2.45, 2.75) is 56.9 Å². The molecule has 0 radical (unpaired) electrons. The number of ether oxygens (including phenoxy) is 5. The number of hydrogen-bond acceptors (Lipinski definition) is 13. The minimum Gasteiger partial charge on any atom is -0.475 e. The molecule has 1 amide bonds. The van der Waals surface area contributed by atoms with Gasteiger partial charge < -0.3 is 49.4 Å². The van der Waals surface area contributed by atoms with E-state index in [9.17, 15) is 28.2 Å². The Morgan fingerprint density at radius 2 is 1.68 bits per heavy atom. The van der Waals surface area contributed by atoms with Crippen molar-refractivity contribution in [1.29, 1.82) is 0 Å². The maximum Gasteiger partial charge on any atom is 0.433 e. The van der Waals surface area contributed by atoms with Crippen LogP contribution < -0.4 is 15.4 Å². The molecule has 0 unspecified atom stereocenters. The Labute approximate surface area is 255 Å². The SMILES string of the molecule is CN1CCN(C[C@H]2OC[C@H](Nc3nc(OCCOCCOCCNC(=O)OC(C)(C)C)cc(C(F)(F)F)n3)[C@@H](O)[C@H]2O)CC1. The van der Waals surface area contributed by atoms with Crippen LogP contribution >= 0.6 is 0 Å². The number of hydrogen-bond donors (Lipinski definition) is 4. The fourth-order valence-electron chi connectivity index (χ4n) is 4.40. The van der Waals surface area contributed by atoms with E-state index in [2.05, 4.69) is 30.4 Å². The quantitative estimate of drug-likeness (QED) is 0.210. The highest BCUT2D eigenvalue weighted by Gasteiger charge is 2.40. The minimum atomic E-state index is -4.78. The first-order valence-electron chi connectivity index (χ1n) is 14.6. The molecule has 2 aliphatic rings. The second kappa shape index (κ2) is 16.7. The van der Waals surface area contributed by atoms with Gasteiger partial charge in [0.1, 0.15) is 24.4 Å². The van der Waals surface area contributed by atoms with Crippen LogP contribution in [0.2, 0.25) is 0 Å². The molecule has 14 nitrogen and oxygen atoms in total. The fraction of sp³-hybridized carbons (Fsp3) is 0.815. The van der Waals surface area contributed by atoms with Gasteiger partial charge in [-0.2, -0.15) is 18.2 Å². The average Bonchev–Trinajstić information content (AvgIpc) is 2.93. The molecule has 2 aliphatic heterocycles. The second-order valence-corrected chi connectivity index (χ2v) is 11.6. The molecule has 0 bridgehead atoms. The number of nitrogens with zero attached hydrogens (tertiary/aromatic N) is 4. The number of likely N-dealkylation sites (N-methyl/N-ethyl adjacent to an activating group) is 1. The highest BCUT2D eigenvalue weighted by molar-refractivity contribution is 5.67. The number of alkyl halides is 3.